The third-order valence-electron chi connectivity index (χ3n) is 4.63. The van der Waals surface area contributed by atoms with Crippen LogP contribution in [0.3, 0.4) is 0 Å². The molecule has 2 N–H and O–H groups in total. The minimum Gasteiger partial charge on any atom is -0.488 e. The Kier molecular flexibility index (Phi) is 6.52. The van der Waals surface area contributed by atoms with Crippen LogP contribution in [0.5, 0.6) is 5.75 Å². The summed E-state index contributed by atoms with van der Waals surface area (Å²) in [5, 5.41) is 6.26. The Labute approximate surface area is 194 Å². The van der Waals surface area contributed by atoms with Gasteiger partial charge in [0, 0.05) is 34.2 Å². The molecule has 0 saturated heterocycles. The summed E-state index contributed by atoms with van der Waals surface area (Å²) in [7, 11) is -2.85. The van der Waals surface area contributed by atoms with Crippen LogP contribution in [0.25, 0.3) is 10.9 Å². The molecule has 1 atom stereocenters. The van der Waals surface area contributed by atoms with Gasteiger partial charge in [0.1, 0.15) is 30.1 Å². The Balaban J connectivity index is 1.71. The van der Waals surface area contributed by atoms with E-state index in [0.29, 0.717) is 32.5 Å². The molecule has 2 aromatic carbocycles. The van der Waals surface area contributed by atoms with Crippen molar-refractivity contribution in [1.29, 1.82) is 4.78 Å². The Morgan fingerprint density at radius 1 is 1.21 bits per heavy atom. The van der Waals surface area contributed by atoms with Gasteiger partial charge in [-0.15, -0.1) is 11.3 Å². The molecule has 4 aromatic rings. The van der Waals surface area contributed by atoms with Crippen molar-refractivity contribution in [1.82, 2.24) is 15.0 Å². The molecule has 2 heterocycles. The van der Waals surface area contributed by atoms with Crippen LogP contribution in [0.2, 0.25) is 0 Å². The number of ether oxygens (including phenoxy) is 2. The number of fused-ring (bicyclic) bond motifs is 1. The van der Waals surface area contributed by atoms with E-state index in [2.05, 4.69) is 20.3 Å². The summed E-state index contributed by atoms with van der Waals surface area (Å²) in [6, 6.07) is 10.1. The van der Waals surface area contributed by atoms with Crippen LogP contribution in [0.15, 0.2) is 59.2 Å². The van der Waals surface area contributed by atoms with Gasteiger partial charge < -0.3 is 14.8 Å². The monoisotopic (exact) mass is 483 g/mol. The molecule has 0 aliphatic rings. The number of benzene rings is 2. The number of carbonyl (C=O) groups is 1. The summed E-state index contributed by atoms with van der Waals surface area (Å²) in [5.74, 6) is 0.274. The molecule has 11 heteroatoms. The van der Waals surface area contributed by atoms with Gasteiger partial charge in [-0.25, -0.2) is 28.7 Å². The van der Waals surface area contributed by atoms with Crippen LogP contribution in [0.4, 0.5) is 10.9 Å². The lowest BCUT2D eigenvalue weighted by Crippen LogP contribution is -2.09. The lowest BCUT2D eigenvalue weighted by Gasteiger charge is -2.14. The Bertz CT molecular complexity index is 1410. The summed E-state index contributed by atoms with van der Waals surface area (Å²) in [6.07, 6.45) is 4.47. The fourth-order valence-electron chi connectivity index (χ4n) is 3.10. The molecule has 0 saturated carbocycles. The fraction of sp³-hybridized carbons (Fsp3) is 0.182. The van der Waals surface area contributed by atoms with Crippen molar-refractivity contribution >= 4 is 48.9 Å². The molecule has 2 aromatic heterocycles. The molecule has 9 nitrogen and oxygen atoms in total. The van der Waals surface area contributed by atoms with Crippen LogP contribution in [-0.2, 0) is 21.1 Å². The minimum absolute atomic E-state index is 0.108. The standard InChI is InChI=1S/C22H21N5O4S2/c1-3-30-21(28)17-10-16-18(25-13-26-20(16)27-22-24-7-8-32-22)11-19(17)31-12-14-5-4-6-15(9-14)33(2,23)29/h4-11,13,23H,3,12H2,1-2H3,(H,24,25,26,27). The van der Waals surface area contributed by atoms with Gasteiger partial charge in [-0.2, -0.15) is 0 Å². The molecule has 33 heavy (non-hydrogen) atoms. The van der Waals surface area contributed by atoms with Crippen molar-refractivity contribution in [3.05, 3.63) is 65.4 Å². The molecule has 0 radical (unpaired) electrons. The summed E-state index contributed by atoms with van der Waals surface area (Å²) in [6.45, 7) is 2.05. The molecule has 0 amide bonds. The van der Waals surface area contributed by atoms with E-state index in [9.17, 15) is 9.00 Å². The van der Waals surface area contributed by atoms with Crippen LogP contribution in [-0.4, -0.2) is 38.0 Å². The van der Waals surface area contributed by atoms with Gasteiger partial charge in [-0.05, 0) is 30.7 Å². The van der Waals surface area contributed by atoms with Crippen molar-refractivity contribution in [2.45, 2.75) is 18.4 Å². The van der Waals surface area contributed by atoms with E-state index < -0.39 is 15.7 Å². The van der Waals surface area contributed by atoms with Crippen molar-refractivity contribution in [2.24, 2.45) is 0 Å². The van der Waals surface area contributed by atoms with Gasteiger partial charge in [0.15, 0.2) is 5.13 Å². The number of hydrogen-bond acceptors (Lipinski definition) is 10. The van der Waals surface area contributed by atoms with Crippen LogP contribution < -0.4 is 10.1 Å². The maximum atomic E-state index is 12.7. The highest BCUT2D eigenvalue weighted by Gasteiger charge is 2.18. The molecule has 0 spiro atoms. The van der Waals surface area contributed by atoms with Crippen molar-refractivity contribution in [2.75, 3.05) is 18.2 Å². The fourth-order valence-corrected chi connectivity index (χ4v) is 4.34. The molecule has 4 rings (SSSR count). The predicted molar refractivity (Wildman–Crippen MR) is 127 cm³/mol. The van der Waals surface area contributed by atoms with E-state index >= 15 is 0 Å². The molecule has 170 valence electrons. The van der Waals surface area contributed by atoms with Gasteiger partial charge in [-0.3, -0.25) is 0 Å². The number of aromatic nitrogens is 3. The van der Waals surface area contributed by atoms with Gasteiger partial charge in [0.2, 0.25) is 0 Å². The van der Waals surface area contributed by atoms with E-state index in [1.165, 1.54) is 23.9 Å². The van der Waals surface area contributed by atoms with Crippen LogP contribution in [0, 0.1) is 4.78 Å². The molecule has 1 unspecified atom stereocenters. The Hall–Kier alpha value is -3.57. The highest BCUT2D eigenvalue weighted by molar-refractivity contribution is 7.91. The molecule has 0 fully saturated rings. The largest absolute Gasteiger partial charge is 0.488 e. The molecular weight excluding hydrogens is 462 g/mol. The average Bonchev–Trinajstić information content (AvgIpc) is 3.30. The predicted octanol–water partition coefficient (Wildman–Crippen LogP) is 4.62. The van der Waals surface area contributed by atoms with Crippen LogP contribution >= 0.6 is 11.3 Å². The van der Waals surface area contributed by atoms with Crippen molar-refractivity contribution < 1.29 is 18.5 Å². The number of nitrogens with zero attached hydrogens (tertiary/aromatic N) is 3. The van der Waals surface area contributed by atoms with Gasteiger partial charge in [-0.1, -0.05) is 12.1 Å². The first-order chi connectivity index (χ1) is 15.8. The second-order valence-corrected chi connectivity index (χ2v) is 10.1. The third-order valence-corrected chi connectivity index (χ3v) is 6.47. The van der Waals surface area contributed by atoms with Gasteiger partial charge in [0.05, 0.1) is 21.9 Å². The maximum absolute atomic E-state index is 12.7. The van der Waals surface area contributed by atoms with E-state index in [0.717, 1.165) is 5.56 Å². The first-order valence-corrected chi connectivity index (χ1v) is 12.8. The Morgan fingerprint density at radius 2 is 2.06 bits per heavy atom. The number of thiazole rings is 1. The molecular formula is C22H21N5O4S2. The normalized spacial score (nSPS) is 12.8. The molecule has 0 bridgehead atoms. The number of nitrogens with one attached hydrogen (secondary N) is 2. The zero-order chi connectivity index (χ0) is 23.4. The summed E-state index contributed by atoms with van der Waals surface area (Å²) >= 11 is 1.42. The number of carbonyl (C=O) groups excluding carboxylic acids is 1. The molecule has 0 aliphatic carbocycles. The van der Waals surface area contributed by atoms with Crippen molar-refractivity contribution in [3.8, 4) is 5.75 Å². The minimum atomic E-state index is -2.85. The lowest BCUT2D eigenvalue weighted by molar-refractivity contribution is 0.0521. The lowest BCUT2D eigenvalue weighted by atomic mass is 10.1. The summed E-state index contributed by atoms with van der Waals surface area (Å²) in [5.41, 5.74) is 1.53. The first kappa shape index (κ1) is 22.6. The Morgan fingerprint density at radius 3 is 2.79 bits per heavy atom. The highest BCUT2D eigenvalue weighted by Crippen LogP contribution is 2.31. The maximum Gasteiger partial charge on any atom is 0.341 e. The van der Waals surface area contributed by atoms with Crippen LogP contribution in [0.1, 0.15) is 22.8 Å². The number of rotatable bonds is 8. The zero-order valence-electron chi connectivity index (χ0n) is 17.9. The van der Waals surface area contributed by atoms with E-state index in [-0.39, 0.29) is 18.8 Å². The average molecular weight is 484 g/mol. The highest BCUT2D eigenvalue weighted by atomic mass is 32.2. The second kappa shape index (κ2) is 9.51. The third kappa shape index (κ3) is 5.26. The SMILES string of the molecule is CCOC(=O)c1cc2c(Nc3nccs3)ncnc2cc1OCc1cccc(S(C)(=N)=O)c1. The zero-order valence-corrected chi connectivity index (χ0v) is 19.5. The number of esters is 1. The van der Waals surface area contributed by atoms with Gasteiger partial charge in [0.25, 0.3) is 0 Å². The number of hydrogen-bond donors (Lipinski definition) is 2. The molecule has 0 aliphatic heterocycles. The number of anilines is 2. The topological polar surface area (TPSA) is 127 Å². The summed E-state index contributed by atoms with van der Waals surface area (Å²) in [4.78, 5) is 25.9. The van der Waals surface area contributed by atoms with Crippen molar-refractivity contribution in [3.63, 3.8) is 0 Å². The first-order valence-electron chi connectivity index (χ1n) is 9.93. The quantitative estimate of drug-likeness (QED) is 0.348. The summed E-state index contributed by atoms with van der Waals surface area (Å²) < 4.78 is 31.0. The van der Waals surface area contributed by atoms with E-state index in [1.807, 2.05) is 5.38 Å². The smallest absolute Gasteiger partial charge is 0.341 e. The van der Waals surface area contributed by atoms with E-state index in [1.54, 1.807) is 49.5 Å². The van der Waals surface area contributed by atoms with E-state index in [4.69, 9.17) is 14.3 Å². The second-order valence-electron chi connectivity index (χ2n) is 7.05. The van der Waals surface area contributed by atoms with Gasteiger partial charge >= 0.3 is 5.97 Å².